The molecule has 1 aliphatic rings. The molecule has 1 atom stereocenters. The number of hydrogen-bond donors (Lipinski definition) is 1. The Morgan fingerprint density at radius 1 is 1.29 bits per heavy atom. The Labute approximate surface area is 128 Å². The second-order valence-electron chi connectivity index (χ2n) is 4.99. The lowest BCUT2D eigenvalue weighted by Gasteiger charge is -2.09. The summed E-state index contributed by atoms with van der Waals surface area (Å²) < 4.78 is 11.1. The van der Waals surface area contributed by atoms with Crippen LogP contribution in [0.3, 0.4) is 0 Å². The van der Waals surface area contributed by atoms with Crippen LogP contribution in [0.5, 0.6) is 0 Å². The van der Waals surface area contributed by atoms with E-state index in [4.69, 9.17) is 20.8 Å². The Morgan fingerprint density at radius 3 is 2.90 bits per heavy atom. The summed E-state index contributed by atoms with van der Waals surface area (Å²) in [5.74, 6) is 0.634. The molecule has 4 nitrogen and oxygen atoms in total. The van der Waals surface area contributed by atoms with Crippen molar-refractivity contribution in [2.24, 2.45) is 0 Å². The van der Waals surface area contributed by atoms with E-state index >= 15 is 0 Å². The molecule has 0 radical (unpaired) electrons. The molecule has 2 heterocycles. The molecular formula is C16H16ClNO3. The zero-order chi connectivity index (χ0) is 14.7. The largest absolute Gasteiger partial charge is 0.451 e. The van der Waals surface area contributed by atoms with E-state index in [0.29, 0.717) is 17.3 Å². The minimum absolute atomic E-state index is 0.118. The molecule has 0 unspecified atom stereocenters. The van der Waals surface area contributed by atoms with E-state index < -0.39 is 0 Å². The van der Waals surface area contributed by atoms with Gasteiger partial charge in [0.05, 0.1) is 11.1 Å². The molecule has 5 heteroatoms. The van der Waals surface area contributed by atoms with Crippen LogP contribution in [0, 0.1) is 0 Å². The number of carbonyl (C=O) groups excluding carboxylic acids is 1. The maximum atomic E-state index is 12.0. The van der Waals surface area contributed by atoms with Crippen molar-refractivity contribution in [3.8, 4) is 11.3 Å². The number of ether oxygens (including phenoxy) is 1. The highest BCUT2D eigenvalue weighted by molar-refractivity contribution is 6.33. The number of rotatable bonds is 4. The first-order valence-corrected chi connectivity index (χ1v) is 7.36. The van der Waals surface area contributed by atoms with Crippen molar-refractivity contribution in [3.63, 3.8) is 0 Å². The van der Waals surface area contributed by atoms with E-state index in [-0.39, 0.29) is 17.8 Å². The maximum absolute atomic E-state index is 12.0. The number of halogens is 1. The molecular weight excluding hydrogens is 290 g/mol. The van der Waals surface area contributed by atoms with Crippen LogP contribution in [0.4, 0.5) is 0 Å². The highest BCUT2D eigenvalue weighted by Gasteiger charge is 2.18. The summed E-state index contributed by atoms with van der Waals surface area (Å²) in [4.78, 5) is 12.0. The Hall–Kier alpha value is -1.78. The molecule has 1 aliphatic heterocycles. The molecule has 110 valence electrons. The van der Waals surface area contributed by atoms with Gasteiger partial charge in [-0.3, -0.25) is 4.79 Å². The summed E-state index contributed by atoms with van der Waals surface area (Å²) >= 11 is 6.12. The first kappa shape index (κ1) is 14.2. The van der Waals surface area contributed by atoms with Crippen molar-refractivity contribution in [3.05, 3.63) is 47.2 Å². The first-order chi connectivity index (χ1) is 10.2. The molecule has 0 bridgehead atoms. The number of carbonyl (C=O) groups is 1. The Bertz CT molecular complexity index is 632. The number of amides is 1. The number of nitrogens with one attached hydrogen (secondary N) is 1. The maximum Gasteiger partial charge on any atom is 0.287 e. The topological polar surface area (TPSA) is 51.5 Å². The van der Waals surface area contributed by atoms with Gasteiger partial charge in [-0.2, -0.15) is 0 Å². The van der Waals surface area contributed by atoms with E-state index in [1.54, 1.807) is 18.2 Å². The SMILES string of the molecule is O=C(NC[C@@H]1CCCO1)c1ccc(-c2ccccc2Cl)o1. The standard InChI is InChI=1S/C16H16ClNO3/c17-13-6-2-1-5-12(13)14-7-8-15(21-14)16(19)18-10-11-4-3-9-20-11/h1-2,5-8,11H,3-4,9-10H2,(H,18,19)/t11-/m0/s1. The zero-order valence-electron chi connectivity index (χ0n) is 11.5. The van der Waals surface area contributed by atoms with Crippen molar-refractivity contribution in [2.75, 3.05) is 13.2 Å². The van der Waals surface area contributed by atoms with Crippen LogP contribution in [0.2, 0.25) is 5.02 Å². The average molecular weight is 306 g/mol. The van der Waals surface area contributed by atoms with Gasteiger partial charge in [0.2, 0.25) is 0 Å². The van der Waals surface area contributed by atoms with Gasteiger partial charge < -0.3 is 14.5 Å². The van der Waals surface area contributed by atoms with Gasteiger partial charge in [-0.05, 0) is 37.1 Å². The summed E-state index contributed by atoms with van der Waals surface area (Å²) in [6.45, 7) is 1.29. The minimum Gasteiger partial charge on any atom is -0.451 e. The molecule has 0 saturated carbocycles. The fourth-order valence-corrected chi connectivity index (χ4v) is 2.59. The molecule has 1 fully saturated rings. The van der Waals surface area contributed by atoms with Crippen LogP contribution >= 0.6 is 11.6 Å². The molecule has 0 spiro atoms. The molecule has 2 aromatic rings. The van der Waals surface area contributed by atoms with Gasteiger partial charge in [0.25, 0.3) is 5.91 Å². The van der Waals surface area contributed by atoms with E-state index in [1.165, 1.54) is 0 Å². The molecule has 1 N–H and O–H groups in total. The van der Waals surface area contributed by atoms with Gasteiger partial charge in [-0.1, -0.05) is 23.7 Å². The van der Waals surface area contributed by atoms with Crippen molar-refractivity contribution in [1.82, 2.24) is 5.32 Å². The third-order valence-electron chi connectivity index (χ3n) is 3.48. The molecule has 0 aliphatic carbocycles. The lowest BCUT2D eigenvalue weighted by atomic mass is 10.2. The van der Waals surface area contributed by atoms with E-state index in [1.807, 2.05) is 18.2 Å². The average Bonchev–Trinajstić information content (AvgIpc) is 3.17. The molecule has 1 amide bonds. The Morgan fingerprint density at radius 2 is 2.14 bits per heavy atom. The van der Waals surface area contributed by atoms with Gasteiger partial charge in [0.1, 0.15) is 5.76 Å². The van der Waals surface area contributed by atoms with Crippen LogP contribution in [-0.2, 0) is 4.74 Å². The van der Waals surface area contributed by atoms with Crippen LogP contribution in [0.1, 0.15) is 23.4 Å². The highest BCUT2D eigenvalue weighted by atomic mass is 35.5. The Kier molecular flexibility index (Phi) is 4.27. The summed E-state index contributed by atoms with van der Waals surface area (Å²) in [5.41, 5.74) is 0.775. The van der Waals surface area contributed by atoms with Gasteiger partial charge in [0.15, 0.2) is 5.76 Å². The summed E-state index contributed by atoms with van der Waals surface area (Å²) in [5, 5.41) is 3.43. The lowest BCUT2D eigenvalue weighted by molar-refractivity contribution is 0.0836. The summed E-state index contributed by atoms with van der Waals surface area (Å²) in [6.07, 6.45) is 2.16. The van der Waals surface area contributed by atoms with E-state index in [2.05, 4.69) is 5.32 Å². The van der Waals surface area contributed by atoms with Crippen molar-refractivity contribution in [2.45, 2.75) is 18.9 Å². The number of furan rings is 1. The molecule has 3 rings (SSSR count). The highest BCUT2D eigenvalue weighted by Crippen LogP contribution is 2.28. The monoisotopic (exact) mass is 305 g/mol. The predicted molar refractivity (Wildman–Crippen MR) is 80.5 cm³/mol. The summed E-state index contributed by atoms with van der Waals surface area (Å²) in [6, 6.07) is 10.8. The zero-order valence-corrected chi connectivity index (χ0v) is 12.2. The first-order valence-electron chi connectivity index (χ1n) is 6.98. The third-order valence-corrected chi connectivity index (χ3v) is 3.81. The van der Waals surface area contributed by atoms with E-state index in [0.717, 1.165) is 25.0 Å². The predicted octanol–water partition coefficient (Wildman–Crippen LogP) is 3.51. The molecule has 1 aromatic heterocycles. The van der Waals surface area contributed by atoms with Crippen LogP contribution in [-0.4, -0.2) is 25.2 Å². The molecule has 1 aromatic carbocycles. The second-order valence-corrected chi connectivity index (χ2v) is 5.40. The van der Waals surface area contributed by atoms with Crippen LogP contribution in [0.15, 0.2) is 40.8 Å². The van der Waals surface area contributed by atoms with Crippen molar-refractivity contribution < 1.29 is 13.9 Å². The van der Waals surface area contributed by atoms with Gasteiger partial charge in [-0.15, -0.1) is 0 Å². The number of hydrogen-bond acceptors (Lipinski definition) is 3. The van der Waals surface area contributed by atoms with E-state index in [9.17, 15) is 4.79 Å². The van der Waals surface area contributed by atoms with Crippen molar-refractivity contribution >= 4 is 17.5 Å². The van der Waals surface area contributed by atoms with Gasteiger partial charge in [-0.25, -0.2) is 0 Å². The normalized spacial score (nSPS) is 17.9. The molecule has 21 heavy (non-hydrogen) atoms. The lowest BCUT2D eigenvalue weighted by Crippen LogP contribution is -2.31. The number of benzene rings is 1. The third kappa shape index (κ3) is 3.28. The summed E-state index contributed by atoms with van der Waals surface area (Å²) in [7, 11) is 0. The van der Waals surface area contributed by atoms with Gasteiger partial charge in [0, 0.05) is 18.7 Å². The van der Waals surface area contributed by atoms with Crippen LogP contribution in [0.25, 0.3) is 11.3 Å². The van der Waals surface area contributed by atoms with Gasteiger partial charge >= 0.3 is 0 Å². The fourth-order valence-electron chi connectivity index (χ4n) is 2.36. The Balaban J connectivity index is 1.66. The van der Waals surface area contributed by atoms with Crippen molar-refractivity contribution in [1.29, 1.82) is 0 Å². The second kappa shape index (κ2) is 6.33. The smallest absolute Gasteiger partial charge is 0.287 e. The minimum atomic E-state index is -0.233. The quantitative estimate of drug-likeness (QED) is 0.940. The van der Waals surface area contributed by atoms with Crippen LogP contribution < -0.4 is 5.32 Å². The molecule has 1 saturated heterocycles. The fraction of sp³-hybridized carbons (Fsp3) is 0.312.